The second-order valence-corrected chi connectivity index (χ2v) is 24.7. The lowest BCUT2D eigenvalue weighted by molar-refractivity contribution is -0.131. The molecular weight excluding hydrogens is 1120 g/mol. The van der Waals surface area contributed by atoms with Gasteiger partial charge in [-0.3, -0.25) is 29.1 Å². The van der Waals surface area contributed by atoms with E-state index in [9.17, 15) is 14.0 Å². The molecule has 2 aromatic heterocycles. The van der Waals surface area contributed by atoms with Gasteiger partial charge in [0.25, 0.3) is 5.91 Å². The number of aromatic nitrogens is 3. The number of pyridine rings is 1. The van der Waals surface area contributed by atoms with Crippen LogP contribution in [0, 0.1) is 5.82 Å². The number of amidine groups is 1. The monoisotopic (exact) mass is 1200 g/mol. The Hall–Kier alpha value is -7.09. The number of aliphatic imine (C=N–C) groups is 1. The first-order chi connectivity index (χ1) is 40.7. The van der Waals surface area contributed by atoms with Gasteiger partial charge in [0.2, 0.25) is 5.91 Å². The predicted molar refractivity (Wildman–Crippen MR) is 331 cm³/mol. The summed E-state index contributed by atoms with van der Waals surface area (Å²) >= 11 is 13.0. The van der Waals surface area contributed by atoms with E-state index < -0.39 is 16.9 Å². The van der Waals surface area contributed by atoms with E-state index in [0.717, 1.165) is 51.9 Å². The summed E-state index contributed by atoms with van der Waals surface area (Å²) in [6.45, 7) is 19.2. The molecule has 2 bridgehead atoms. The van der Waals surface area contributed by atoms with Crippen LogP contribution in [0.2, 0.25) is 10.0 Å². The number of halogens is 3. The maximum atomic E-state index is 15.5. The highest BCUT2D eigenvalue weighted by Crippen LogP contribution is 2.54. The standard InChI is InChI=1S/C65H78Cl2FN11O6/c1-9-85-57-38-46(63(2,3)4)16-22-51(57)60-71-64(5,44-12-17-47(66)18-13-44)65(6,45-14-19-48(67)20-15-45)79(60)62(82)76-29-27-75(28-30-76)32-34-84-36-35-83-33-24-58(80)73(7)26-31-77-41-53-43-37-56(59(69)70-40-43)78-25-10-11-55(78)52-39-49(68)21-23-50(52)61(81)74(8)42-54(53)72-77/h12-23,37-41,55H,9-11,24-36,42H2,1-8H3,(H2,69,70)/t55-,64+,65-/m1/s1. The Morgan fingerprint density at radius 2 is 1.52 bits per heavy atom. The smallest absolute Gasteiger partial charge is 0.326 e. The second kappa shape index (κ2) is 25.5. The minimum Gasteiger partial charge on any atom is -0.493 e. The van der Waals surface area contributed by atoms with Gasteiger partial charge in [0.1, 0.15) is 34.3 Å². The molecule has 4 aliphatic rings. The highest BCUT2D eigenvalue weighted by Gasteiger charge is 2.60. The van der Waals surface area contributed by atoms with Gasteiger partial charge in [-0.2, -0.15) is 5.10 Å². The first-order valence-corrected chi connectivity index (χ1v) is 30.2. The highest BCUT2D eigenvalue weighted by atomic mass is 35.5. The molecule has 4 amide bonds. The fraction of sp³-hybridized carbons (Fsp3) is 0.446. The number of hydrogen-bond acceptors (Lipinski definition) is 12. The maximum Gasteiger partial charge on any atom is 0.326 e. The summed E-state index contributed by atoms with van der Waals surface area (Å²) in [6, 6.07) is 27.6. The Morgan fingerprint density at radius 3 is 2.21 bits per heavy atom. The lowest BCUT2D eigenvalue weighted by atomic mass is 9.71. The second-order valence-electron chi connectivity index (χ2n) is 23.8. The molecule has 2 fully saturated rings. The van der Waals surface area contributed by atoms with E-state index in [-0.39, 0.29) is 48.9 Å². The zero-order chi connectivity index (χ0) is 60.4. The number of carbonyl (C=O) groups excluding carboxylic acids is 3. The van der Waals surface area contributed by atoms with Crippen molar-refractivity contribution in [1.82, 2.24) is 39.3 Å². The minimum atomic E-state index is -1.04. The van der Waals surface area contributed by atoms with Gasteiger partial charge in [0.15, 0.2) is 0 Å². The number of urea groups is 1. The first-order valence-electron chi connectivity index (χ1n) is 29.4. The number of anilines is 2. The van der Waals surface area contributed by atoms with Crippen LogP contribution < -0.4 is 15.4 Å². The van der Waals surface area contributed by atoms with Crippen LogP contribution in [0.1, 0.15) is 111 Å². The van der Waals surface area contributed by atoms with E-state index in [1.807, 2.05) is 83.6 Å². The molecule has 4 aliphatic heterocycles. The van der Waals surface area contributed by atoms with Crippen molar-refractivity contribution in [1.29, 1.82) is 0 Å². The molecular formula is C65H78Cl2FN11O6. The lowest BCUT2D eigenvalue weighted by Crippen LogP contribution is -2.60. The largest absolute Gasteiger partial charge is 0.493 e. The molecule has 3 atom stereocenters. The van der Waals surface area contributed by atoms with Gasteiger partial charge < -0.3 is 39.5 Å². The van der Waals surface area contributed by atoms with E-state index in [0.29, 0.717) is 123 Å². The van der Waals surface area contributed by atoms with Crippen LogP contribution in [0.5, 0.6) is 5.75 Å². The summed E-state index contributed by atoms with van der Waals surface area (Å²) in [5.41, 5.74) is 12.0. The normalized spacial score (nSPS) is 19.9. The summed E-state index contributed by atoms with van der Waals surface area (Å²) < 4.78 is 34.8. The number of benzene rings is 4. The molecule has 4 aromatic carbocycles. The van der Waals surface area contributed by atoms with Crippen molar-refractivity contribution >= 4 is 58.4 Å². The van der Waals surface area contributed by atoms with E-state index in [1.54, 1.807) is 40.8 Å². The SMILES string of the molecule is CCOc1cc(C(C)(C)C)ccc1C1=N[C@@](C)(c2ccc(Cl)cc2)[C@@](C)(c2ccc(Cl)cc2)N1C(=O)N1CCN(CCOCCOCCC(=O)N(C)CCn2cc3c(n2)CN(C)C(=O)c2ccc(F)cc2[C@H]2CCCN2c2cc-3cnc2N)CC1. The number of nitrogen functional groups attached to an aromatic ring is 1. The number of carbonyl (C=O) groups is 3. The van der Waals surface area contributed by atoms with E-state index >= 15 is 4.79 Å². The molecule has 2 N–H and O–H groups in total. The third-order valence-electron chi connectivity index (χ3n) is 17.4. The van der Waals surface area contributed by atoms with Crippen LogP contribution in [-0.4, -0.2) is 156 Å². The third kappa shape index (κ3) is 12.6. The molecule has 10 rings (SSSR count). The molecule has 0 radical (unpaired) electrons. The van der Waals surface area contributed by atoms with Gasteiger partial charge in [-0.15, -0.1) is 0 Å². The number of hydrogen-bond donors (Lipinski definition) is 1. The summed E-state index contributed by atoms with van der Waals surface area (Å²) in [6.07, 6.45) is 5.44. The number of piperazine rings is 1. The van der Waals surface area contributed by atoms with Crippen molar-refractivity contribution in [3.8, 4) is 16.9 Å². The Balaban J connectivity index is 0.717. The number of nitrogens with zero attached hydrogens (tertiary/aromatic N) is 10. The Labute approximate surface area is 508 Å². The fourth-order valence-electron chi connectivity index (χ4n) is 12.2. The van der Waals surface area contributed by atoms with Crippen molar-refractivity contribution in [2.45, 2.75) is 96.4 Å². The van der Waals surface area contributed by atoms with Gasteiger partial charge in [-0.25, -0.2) is 14.2 Å². The molecule has 20 heteroatoms. The Morgan fingerprint density at radius 1 is 0.835 bits per heavy atom. The molecule has 85 heavy (non-hydrogen) atoms. The molecule has 0 aliphatic carbocycles. The molecule has 2 saturated heterocycles. The molecule has 6 heterocycles. The van der Waals surface area contributed by atoms with Gasteiger partial charge >= 0.3 is 6.03 Å². The van der Waals surface area contributed by atoms with E-state index in [4.69, 9.17) is 53.2 Å². The number of rotatable bonds is 17. The average Bonchev–Trinajstić information content (AvgIpc) is 1.66. The molecule has 0 unspecified atom stereocenters. The fourth-order valence-corrected chi connectivity index (χ4v) is 12.5. The van der Waals surface area contributed by atoms with Crippen molar-refractivity contribution in [2.75, 3.05) is 104 Å². The number of ether oxygens (including phenoxy) is 3. The van der Waals surface area contributed by atoms with Gasteiger partial charge in [0, 0.05) is 99.0 Å². The van der Waals surface area contributed by atoms with Crippen molar-refractivity contribution in [3.05, 3.63) is 158 Å². The number of likely N-dealkylation sites (N-methyl/N-ethyl adjacent to an activating group) is 1. The van der Waals surface area contributed by atoms with Gasteiger partial charge in [-0.05, 0) is 122 Å². The molecule has 6 aromatic rings. The number of fused-ring (bicyclic) bond motifs is 8. The maximum absolute atomic E-state index is 15.5. The van der Waals surface area contributed by atoms with Crippen LogP contribution in [0.4, 0.5) is 20.7 Å². The van der Waals surface area contributed by atoms with Crippen molar-refractivity contribution < 1.29 is 33.0 Å². The number of amides is 4. The van der Waals surface area contributed by atoms with E-state index in [1.165, 1.54) is 12.1 Å². The zero-order valence-corrected chi connectivity index (χ0v) is 51.6. The van der Waals surface area contributed by atoms with Crippen molar-refractivity contribution in [3.63, 3.8) is 0 Å². The molecule has 450 valence electrons. The molecule has 0 saturated carbocycles. The topological polar surface area (TPSA) is 167 Å². The molecule has 17 nitrogen and oxygen atoms in total. The first kappa shape index (κ1) is 61.0. The van der Waals surface area contributed by atoms with Crippen LogP contribution in [0.3, 0.4) is 0 Å². The van der Waals surface area contributed by atoms with Crippen LogP contribution in [0.25, 0.3) is 11.1 Å². The van der Waals surface area contributed by atoms with Gasteiger partial charge in [-0.1, -0.05) is 74.3 Å². The van der Waals surface area contributed by atoms with E-state index in [2.05, 4.69) is 61.5 Å². The Bertz CT molecular complexity index is 3440. The molecule has 0 spiro atoms. The van der Waals surface area contributed by atoms with Crippen LogP contribution in [0.15, 0.2) is 108 Å². The lowest BCUT2D eigenvalue weighted by Gasteiger charge is -2.47. The minimum absolute atomic E-state index is 0.0686. The van der Waals surface area contributed by atoms with Gasteiger partial charge in [0.05, 0.1) is 75.5 Å². The average molecular weight is 1200 g/mol. The Kier molecular flexibility index (Phi) is 18.3. The summed E-state index contributed by atoms with van der Waals surface area (Å²) in [4.78, 5) is 64.5. The highest BCUT2D eigenvalue weighted by molar-refractivity contribution is 6.30. The van der Waals surface area contributed by atoms with Crippen LogP contribution in [-0.2, 0) is 43.9 Å². The third-order valence-corrected chi connectivity index (χ3v) is 17.9. The summed E-state index contributed by atoms with van der Waals surface area (Å²) in [5.74, 6) is 0.848. The number of nitrogens with two attached hydrogens (primary N) is 1. The predicted octanol–water partition coefficient (Wildman–Crippen LogP) is 10.8. The quantitative estimate of drug-likeness (QED) is 0.0863. The summed E-state index contributed by atoms with van der Waals surface area (Å²) in [7, 11) is 3.49. The summed E-state index contributed by atoms with van der Waals surface area (Å²) in [5, 5.41) is 6.10. The van der Waals surface area contributed by atoms with Crippen LogP contribution >= 0.6 is 23.2 Å². The van der Waals surface area contributed by atoms with Crippen molar-refractivity contribution in [2.24, 2.45) is 4.99 Å². The zero-order valence-electron chi connectivity index (χ0n) is 50.0.